The number of hydrogen-bond acceptors (Lipinski definition) is 2. The van der Waals surface area contributed by atoms with Crippen LogP contribution in [-0.4, -0.2) is 24.1 Å². The molecule has 1 aromatic carbocycles. The molecule has 3 unspecified atom stereocenters. The van der Waals surface area contributed by atoms with Gasteiger partial charge in [-0.25, -0.2) is 0 Å². The summed E-state index contributed by atoms with van der Waals surface area (Å²) in [6, 6.07) is 10.7. The largest absolute Gasteiger partial charge is 0.375 e. The molecule has 0 bridgehead atoms. The van der Waals surface area contributed by atoms with Crippen molar-refractivity contribution in [3.63, 3.8) is 0 Å². The van der Waals surface area contributed by atoms with Crippen molar-refractivity contribution < 1.29 is 8.92 Å². The van der Waals surface area contributed by atoms with Gasteiger partial charge in [0.05, 0.1) is 12.7 Å². The van der Waals surface area contributed by atoms with Gasteiger partial charge in [-0.2, -0.15) is 0 Å². The Morgan fingerprint density at radius 1 is 1.27 bits per heavy atom. The number of rotatable bonds is 7. The molecule has 0 saturated carbocycles. The van der Waals surface area contributed by atoms with Crippen molar-refractivity contribution >= 4 is 10.3 Å². The van der Waals surface area contributed by atoms with E-state index in [1.807, 2.05) is 6.08 Å². The Morgan fingerprint density at radius 2 is 1.96 bits per heavy atom. The molecule has 1 aliphatic rings. The second-order valence-electron chi connectivity index (χ2n) is 8.24. The number of allylic oxidation sites excluding steroid dienone is 2. The Balaban J connectivity index is 2.30. The fourth-order valence-electron chi connectivity index (χ4n) is 3.45. The van der Waals surface area contributed by atoms with E-state index in [1.165, 1.54) is 16.9 Å². The van der Waals surface area contributed by atoms with Crippen LogP contribution in [-0.2, 0) is 14.7 Å². The van der Waals surface area contributed by atoms with Crippen molar-refractivity contribution in [3.8, 4) is 0 Å². The molecule has 3 heteroatoms. The van der Waals surface area contributed by atoms with Crippen LogP contribution in [0.1, 0.15) is 53.0 Å². The summed E-state index contributed by atoms with van der Waals surface area (Å²) in [4.78, 5) is 1.23. The number of hydrogen-bond donors (Lipinski definition) is 0. The Bertz CT molecular complexity index is 594. The Kier molecular flexibility index (Phi) is 7.57. The van der Waals surface area contributed by atoms with Gasteiger partial charge in [0.15, 0.2) is 0 Å². The lowest BCUT2D eigenvalue weighted by Gasteiger charge is -2.51. The van der Waals surface area contributed by atoms with Crippen LogP contribution < -0.4 is 0 Å². The van der Waals surface area contributed by atoms with Crippen molar-refractivity contribution in [2.75, 3.05) is 13.2 Å². The molecule has 0 spiro atoms. The third kappa shape index (κ3) is 5.03. The fourth-order valence-corrected chi connectivity index (χ4v) is 7.03. The molecule has 2 rings (SSSR count). The molecule has 1 aromatic rings. The zero-order valence-corrected chi connectivity index (χ0v) is 18.0. The van der Waals surface area contributed by atoms with Crippen LogP contribution in [0, 0.1) is 5.92 Å². The Hall–Kier alpha value is -1.03. The summed E-state index contributed by atoms with van der Waals surface area (Å²) in [6.45, 7) is 16.8. The average molecular weight is 377 g/mol. The van der Waals surface area contributed by atoms with E-state index in [1.54, 1.807) is 0 Å². The van der Waals surface area contributed by atoms with E-state index < -0.39 is 10.3 Å². The first-order chi connectivity index (χ1) is 12.3. The first-order valence-corrected chi connectivity index (χ1v) is 11.4. The monoisotopic (exact) mass is 376 g/mol. The van der Waals surface area contributed by atoms with Crippen LogP contribution in [0.15, 0.2) is 54.0 Å². The van der Waals surface area contributed by atoms with E-state index in [0.29, 0.717) is 12.5 Å². The molecule has 26 heavy (non-hydrogen) atoms. The van der Waals surface area contributed by atoms with Gasteiger partial charge in [-0.05, 0) is 31.2 Å². The summed E-state index contributed by atoms with van der Waals surface area (Å²) in [6.07, 6.45) is 6.70. The summed E-state index contributed by atoms with van der Waals surface area (Å²) in [5, 5.41) is 0. The second-order valence-corrected chi connectivity index (χ2v) is 11.8. The zero-order chi connectivity index (χ0) is 19.2. The van der Waals surface area contributed by atoms with E-state index >= 15 is 0 Å². The van der Waals surface area contributed by atoms with Crippen LogP contribution in [0.4, 0.5) is 0 Å². The molecule has 0 N–H and O–H groups in total. The molecule has 2 nitrogen and oxygen atoms in total. The Morgan fingerprint density at radius 3 is 2.46 bits per heavy atom. The van der Waals surface area contributed by atoms with Gasteiger partial charge in [0.25, 0.3) is 0 Å². The van der Waals surface area contributed by atoms with Crippen LogP contribution >= 0.6 is 10.3 Å². The van der Waals surface area contributed by atoms with E-state index in [0.717, 1.165) is 18.8 Å². The van der Waals surface area contributed by atoms with Gasteiger partial charge < -0.3 is 8.92 Å². The minimum absolute atomic E-state index is 0.000827. The third-order valence-corrected chi connectivity index (χ3v) is 9.54. The van der Waals surface area contributed by atoms with Gasteiger partial charge in [-0.15, -0.1) is 0 Å². The number of ether oxygens (including phenoxy) is 1. The van der Waals surface area contributed by atoms with Crippen molar-refractivity contribution in [1.29, 1.82) is 0 Å². The molecule has 1 heterocycles. The molecule has 0 aliphatic carbocycles. The molecule has 3 atom stereocenters. The summed E-state index contributed by atoms with van der Waals surface area (Å²) >= 11 is 0. The van der Waals surface area contributed by atoms with Crippen molar-refractivity contribution in [2.45, 2.75) is 64.1 Å². The van der Waals surface area contributed by atoms with Crippen LogP contribution in [0.25, 0.3) is 0 Å². The molecular formula is C23H36O2S. The number of benzene rings is 1. The lowest BCUT2D eigenvalue weighted by atomic mass is 10.0. The summed E-state index contributed by atoms with van der Waals surface area (Å²) in [5.41, 5.74) is 1.32. The first-order valence-electron chi connectivity index (χ1n) is 9.71. The van der Waals surface area contributed by atoms with Crippen molar-refractivity contribution in [2.24, 2.45) is 5.92 Å². The van der Waals surface area contributed by atoms with Gasteiger partial charge in [-0.3, -0.25) is 0 Å². The van der Waals surface area contributed by atoms with Gasteiger partial charge in [0.2, 0.25) is 0 Å². The lowest BCUT2D eigenvalue weighted by molar-refractivity contribution is -0.0314. The van der Waals surface area contributed by atoms with Crippen LogP contribution in [0.3, 0.4) is 0 Å². The summed E-state index contributed by atoms with van der Waals surface area (Å²) in [5.74, 6) is 1.57. The zero-order valence-electron chi connectivity index (χ0n) is 17.2. The SMILES string of the molecule is C=C/C(=C\C)S(Cc1ccccc1)(OCC1CCC(C)CO1)C(C)(C)C. The van der Waals surface area contributed by atoms with Gasteiger partial charge in [0, 0.05) is 22.0 Å². The Labute approximate surface area is 162 Å². The third-order valence-electron chi connectivity index (χ3n) is 5.12. The second kappa shape index (κ2) is 9.25. The van der Waals surface area contributed by atoms with E-state index in [4.69, 9.17) is 8.92 Å². The molecule has 146 valence electrons. The molecule has 0 radical (unpaired) electrons. The van der Waals surface area contributed by atoms with Gasteiger partial charge in [0.1, 0.15) is 0 Å². The highest BCUT2D eigenvalue weighted by atomic mass is 32.3. The highest BCUT2D eigenvalue weighted by molar-refractivity contribution is 8.33. The van der Waals surface area contributed by atoms with Crippen molar-refractivity contribution in [1.82, 2.24) is 0 Å². The average Bonchev–Trinajstić information content (AvgIpc) is 2.61. The normalized spacial score (nSPS) is 25.3. The molecule has 0 aromatic heterocycles. The highest BCUT2D eigenvalue weighted by Gasteiger charge is 2.41. The fraction of sp³-hybridized carbons (Fsp3) is 0.565. The lowest BCUT2D eigenvalue weighted by Crippen LogP contribution is -2.34. The standard InChI is InChI=1S/C23H36O2S/c1-7-22(8-2)26(23(4,5)6,18-20-12-10-9-11-13-20)25-17-21-15-14-19(3)16-24-21/h7-13,19,21H,1,14-18H2,2-6H3/b22-8+. The maximum atomic E-state index is 6.84. The summed E-state index contributed by atoms with van der Waals surface area (Å²) < 4.78 is 12.9. The smallest absolute Gasteiger partial charge is 0.0859 e. The topological polar surface area (TPSA) is 18.5 Å². The quantitative estimate of drug-likeness (QED) is 0.497. The maximum Gasteiger partial charge on any atom is 0.0859 e. The first kappa shape index (κ1) is 21.3. The maximum absolute atomic E-state index is 6.84. The minimum Gasteiger partial charge on any atom is -0.375 e. The van der Waals surface area contributed by atoms with E-state index in [2.05, 4.69) is 77.6 Å². The van der Waals surface area contributed by atoms with E-state index in [9.17, 15) is 0 Å². The van der Waals surface area contributed by atoms with Crippen LogP contribution in [0.5, 0.6) is 0 Å². The molecule has 1 fully saturated rings. The highest BCUT2D eigenvalue weighted by Crippen LogP contribution is 2.68. The molecule has 0 amide bonds. The predicted octanol–water partition coefficient (Wildman–Crippen LogP) is 6.63. The molecular weight excluding hydrogens is 340 g/mol. The predicted molar refractivity (Wildman–Crippen MR) is 116 cm³/mol. The van der Waals surface area contributed by atoms with Crippen molar-refractivity contribution in [3.05, 3.63) is 59.5 Å². The van der Waals surface area contributed by atoms with Gasteiger partial charge in [-0.1, -0.05) is 87.1 Å². The summed E-state index contributed by atoms with van der Waals surface area (Å²) in [7, 11) is -1.56. The molecule has 1 saturated heterocycles. The van der Waals surface area contributed by atoms with Crippen LogP contribution in [0.2, 0.25) is 0 Å². The molecule has 1 aliphatic heterocycles. The minimum atomic E-state index is -1.56. The van der Waals surface area contributed by atoms with E-state index in [-0.39, 0.29) is 10.9 Å². The van der Waals surface area contributed by atoms with Gasteiger partial charge >= 0.3 is 0 Å².